The summed E-state index contributed by atoms with van der Waals surface area (Å²) in [7, 11) is 0. The molecular formula is C17H19F2N3. The van der Waals surface area contributed by atoms with Gasteiger partial charge in [0.05, 0.1) is 0 Å². The third-order valence-electron chi connectivity index (χ3n) is 4.00. The van der Waals surface area contributed by atoms with E-state index in [4.69, 9.17) is 0 Å². The van der Waals surface area contributed by atoms with Gasteiger partial charge in [-0.3, -0.25) is 14.8 Å². The summed E-state index contributed by atoms with van der Waals surface area (Å²) in [4.78, 5) is 8.70. The molecule has 5 heteroatoms. The van der Waals surface area contributed by atoms with Crippen LogP contribution in [-0.2, 0) is 13.1 Å². The van der Waals surface area contributed by atoms with E-state index < -0.39 is 11.6 Å². The number of hydrogen-bond donors (Lipinski definition) is 0. The van der Waals surface area contributed by atoms with Crippen molar-refractivity contribution in [2.45, 2.75) is 13.1 Å². The Balaban J connectivity index is 1.51. The average molecular weight is 303 g/mol. The Labute approximate surface area is 129 Å². The van der Waals surface area contributed by atoms with Crippen molar-refractivity contribution in [2.75, 3.05) is 26.2 Å². The highest BCUT2D eigenvalue weighted by molar-refractivity contribution is 5.18. The molecule has 0 spiro atoms. The van der Waals surface area contributed by atoms with Gasteiger partial charge in [-0.05, 0) is 17.7 Å². The summed E-state index contributed by atoms with van der Waals surface area (Å²) in [5.74, 6) is -0.986. The molecule has 116 valence electrons. The third kappa shape index (κ3) is 3.87. The Kier molecular flexibility index (Phi) is 4.75. The van der Waals surface area contributed by atoms with Crippen molar-refractivity contribution in [3.63, 3.8) is 0 Å². The highest BCUT2D eigenvalue weighted by atomic mass is 19.1. The smallest absolute Gasteiger partial charge is 0.130 e. The number of piperazine rings is 1. The van der Waals surface area contributed by atoms with Crippen LogP contribution in [0.2, 0.25) is 0 Å². The summed E-state index contributed by atoms with van der Waals surface area (Å²) in [6.07, 6.45) is 3.67. The number of nitrogens with zero attached hydrogens (tertiary/aromatic N) is 3. The molecule has 1 aliphatic heterocycles. The zero-order chi connectivity index (χ0) is 15.4. The second-order valence-electron chi connectivity index (χ2n) is 5.65. The van der Waals surface area contributed by atoms with E-state index in [1.54, 1.807) is 6.20 Å². The summed E-state index contributed by atoms with van der Waals surface area (Å²) in [6.45, 7) is 5.09. The summed E-state index contributed by atoms with van der Waals surface area (Å²) in [6, 6.07) is 7.83. The maximum atomic E-state index is 13.7. The Morgan fingerprint density at radius 1 is 0.955 bits per heavy atom. The minimum Gasteiger partial charge on any atom is -0.296 e. The van der Waals surface area contributed by atoms with Gasteiger partial charge in [-0.25, -0.2) is 8.78 Å². The zero-order valence-corrected chi connectivity index (χ0v) is 12.4. The van der Waals surface area contributed by atoms with Crippen LogP contribution in [0.5, 0.6) is 0 Å². The predicted octanol–water partition coefficient (Wildman–Crippen LogP) is 2.68. The Morgan fingerprint density at radius 2 is 1.68 bits per heavy atom. The molecule has 0 saturated carbocycles. The zero-order valence-electron chi connectivity index (χ0n) is 12.4. The molecule has 0 atom stereocenters. The van der Waals surface area contributed by atoms with Crippen molar-refractivity contribution in [1.82, 2.24) is 14.8 Å². The van der Waals surface area contributed by atoms with Gasteiger partial charge in [0.2, 0.25) is 0 Å². The molecule has 1 saturated heterocycles. The standard InChI is InChI=1S/C17H19F2N3/c18-16-4-3-15(17(19)10-16)13-22-8-6-21(7-9-22)12-14-2-1-5-20-11-14/h1-5,10-11H,6-9,12-13H2. The molecule has 0 unspecified atom stereocenters. The van der Waals surface area contributed by atoms with Crippen molar-refractivity contribution in [3.8, 4) is 0 Å². The van der Waals surface area contributed by atoms with E-state index in [9.17, 15) is 8.78 Å². The largest absolute Gasteiger partial charge is 0.296 e. The molecule has 3 nitrogen and oxygen atoms in total. The van der Waals surface area contributed by atoms with Gasteiger partial charge in [0.15, 0.2) is 0 Å². The fourth-order valence-corrected chi connectivity index (χ4v) is 2.75. The Hall–Kier alpha value is -1.85. The van der Waals surface area contributed by atoms with E-state index in [1.165, 1.54) is 17.7 Å². The van der Waals surface area contributed by atoms with E-state index in [1.807, 2.05) is 12.3 Å². The van der Waals surface area contributed by atoms with Crippen LogP contribution in [-0.4, -0.2) is 41.0 Å². The molecule has 22 heavy (non-hydrogen) atoms. The number of benzene rings is 1. The maximum absolute atomic E-state index is 13.7. The van der Waals surface area contributed by atoms with E-state index in [2.05, 4.69) is 20.9 Å². The number of pyridine rings is 1. The highest BCUT2D eigenvalue weighted by Crippen LogP contribution is 2.14. The first-order chi connectivity index (χ1) is 10.7. The first-order valence-electron chi connectivity index (χ1n) is 7.48. The van der Waals surface area contributed by atoms with Gasteiger partial charge >= 0.3 is 0 Å². The minimum absolute atomic E-state index is 0.460. The van der Waals surface area contributed by atoms with Crippen molar-refractivity contribution in [2.24, 2.45) is 0 Å². The van der Waals surface area contributed by atoms with E-state index >= 15 is 0 Å². The van der Waals surface area contributed by atoms with Crippen molar-refractivity contribution in [3.05, 3.63) is 65.5 Å². The number of rotatable bonds is 4. The summed E-state index contributed by atoms with van der Waals surface area (Å²) >= 11 is 0. The fraction of sp³-hybridized carbons (Fsp3) is 0.353. The van der Waals surface area contributed by atoms with Crippen LogP contribution in [0.1, 0.15) is 11.1 Å². The number of halogens is 2. The van der Waals surface area contributed by atoms with Gasteiger partial charge in [-0.1, -0.05) is 12.1 Å². The first-order valence-corrected chi connectivity index (χ1v) is 7.48. The van der Waals surface area contributed by atoms with Crippen LogP contribution < -0.4 is 0 Å². The summed E-state index contributed by atoms with van der Waals surface area (Å²) < 4.78 is 26.6. The van der Waals surface area contributed by atoms with Crippen LogP contribution in [0.3, 0.4) is 0 Å². The van der Waals surface area contributed by atoms with Gasteiger partial charge in [0.1, 0.15) is 11.6 Å². The molecule has 0 bridgehead atoms. The normalized spacial score (nSPS) is 16.8. The Bertz CT molecular complexity index is 611. The molecule has 1 aromatic carbocycles. The Morgan fingerprint density at radius 3 is 2.32 bits per heavy atom. The molecule has 1 aliphatic rings. The van der Waals surface area contributed by atoms with Crippen LogP contribution in [0.4, 0.5) is 8.78 Å². The number of aromatic nitrogens is 1. The van der Waals surface area contributed by atoms with Crippen LogP contribution in [0.15, 0.2) is 42.7 Å². The van der Waals surface area contributed by atoms with Gasteiger partial charge in [0, 0.05) is 63.3 Å². The van der Waals surface area contributed by atoms with Crippen LogP contribution >= 0.6 is 0 Å². The summed E-state index contributed by atoms with van der Waals surface area (Å²) in [5.41, 5.74) is 1.77. The minimum atomic E-state index is -0.525. The molecule has 2 aromatic rings. The lowest BCUT2D eigenvalue weighted by Gasteiger charge is -2.34. The molecule has 0 amide bonds. The summed E-state index contributed by atoms with van der Waals surface area (Å²) in [5, 5.41) is 0. The van der Waals surface area contributed by atoms with Crippen molar-refractivity contribution < 1.29 is 8.78 Å². The van der Waals surface area contributed by atoms with Crippen molar-refractivity contribution >= 4 is 0 Å². The molecule has 1 aromatic heterocycles. The van der Waals surface area contributed by atoms with Gasteiger partial charge in [-0.2, -0.15) is 0 Å². The van der Waals surface area contributed by atoms with Gasteiger partial charge < -0.3 is 0 Å². The lowest BCUT2D eigenvalue weighted by Crippen LogP contribution is -2.45. The molecule has 2 heterocycles. The van der Waals surface area contributed by atoms with Crippen LogP contribution in [0, 0.1) is 11.6 Å². The lowest BCUT2D eigenvalue weighted by molar-refractivity contribution is 0.121. The third-order valence-corrected chi connectivity index (χ3v) is 4.00. The van der Waals surface area contributed by atoms with Gasteiger partial charge in [0.25, 0.3) is 0 Å². The predicted molar refractivity (Wildman–Crippen MR) is 81.1 cm³/mol. The second kappa shape index (κ2) is 6.94. The van der Waals surface area contributed by atoms with E-state index in [0.29, 0.717) is 12.1 Å². The molecule has 0 N–H and O–H groups in total. The quantitative estimate of drug-likeness (QED) is 0.866. The SMILES string of the molecule is Fc1ccc(CN2CCN(Cc3cccnc3)CC2)c(F)c1. The fourth-order valence-electron chi connectivity index (χ4n) is 2.75. The van der Waals surface area contributed by atoms with E-state index in [-0.39, 0.29) is 0 Å². The molecule has 0 aliphatic carbocycles. The molecular weight excluding hydrogens is 284 g/mol. The average Bonchev–Trinajstić information content (AvgIpc) is 2.53. The monoisotopic (exact) mass is 303 g/mol. The van der Waals surface area contributed by atoms with Gasteiger partial charge in [-0.15, -0.1) is 0 Å². The van der Waals surface area contributed by atoms with E-state index in [0.717, 1.165) is 38.8 Å². The topological polar surface area (TPSA) is 19.4 Å². The maximum Gasteiger partial charge on any atom is 0.130 e. The lowest BCUT2D eigenvalue weighted by atomic mass is 10.1. The first kappa shape index (κ1) is 15.1. The highest BCUT2D eigenvalue weighted by Gasteiger charge is 2.18. The second-order valence-corrected chi connectivity index (χ2v) is 5.65. The van der Waals surface area contributed by atoms with Crippen LogP contribution in [0.25, 0.3) is 0 Å². The molecule has 1 fully saturated rings. The number of hydrogen-bond acceptors (Lipinski definition) is 3. The molecule has 3 rings (SSSR count). The molecule has 0 radical (unpaired) electrons. The van der Waals surface area contributed by atoms with Crippen molar-refractivity contribution in [1.29, 1.82) is 0 Å².